The van der Waals surface area contributed by atoms with Gasteiger partial charge in [-0.25, -0.2) is 8.78 Å². The highest BCUT2D eigenvalue weighted by atomic mass is 79.9. The molecule has 2 aromatic rings. The Bertz CT molecular complexity index is 536. The molecule has 1 heterocycles. The molecule has 0 saturated heterocycles. The lowest BCUT2D eigenvalue weighted by molar-refractivity contribution is 0.219. The molecule has 17 heavy (non-hydrogen) atoms. The summed E-state index contributed by atoms with van der Waals surface area (Å²) >= 11 is 7.96. The molecule has 0 radical (unpaired) electrons. The van der Waals surface area contributed by atoms with Crippen LogP contribution in [0.15, 0.2) is 31.8 Å². The first-order valence-corrected chi connectivity index (χ1v) is 6.96. The first kappa shape index (κ1) is 13.1. The van der Waals surface area contributed by atoms with Gasteiger partial charge >= 0.3 is 0 Å². The molecule has 1 aromatic heterocycles. The molecular weight excluding hydrogens is 378 g/mol. The van der Waals surface area contributed by atoms with Crippen molar-refractivity contribution in [1.29, 1.82) is 0 Å². The van der Waals surface area contributed by atoms with Crippen LogP contribution in [-0.4, -0.2) is 5.11 Å². The summed E-state index contributed by atoms with van der Waals surface area (Å²) in [5.74, 6) is -1.41. The van der Waals surface area contributed by atoms with Crippen LogP contribution in [0.2, 0.25) is 0 Å². The van der Waals surface area contributed by atoms with Gasteiger partial charge in [-0.2, -0.15) is 0 Å². The van der Waals surface area contributed by atoms with Crippen LogP contribution >= 0.6 is 43.2 Å². The van der Waals surface area contributed by atoms with Gasteiger partial charge < -0.3 is 5.11 Å². The van der Waals surface area contributed by atoms with E-state index >= 15 is 0 Å². The van der Waals surface area contributed by atoms with E-state index in [1.165, 1.54) is 11.3 Å². The zero-order valence-corrected chi connectivity index (χ0v) is 12.2. The second-order valence-electron chi connectivity index (χ2n) is 3.38. The molecule has 90 valence electrons. The molecule has 1 N–H and O–H groups in total. The maximum absolute atomic E-state index is 13.0. The van der Waals surface area contributed by atoms with E-state index in [1.54, 1.807) is 6.07 Å². The molecule has 6 heteroatoms. The van der Waals surface area contributed by atoms with Crippen LogP contribution in [0.1, 0.15) is 17.2 Å². The number of benzene rings is 1. The van der Waals surface area contributed by atoms with Gasteiger partial charge in [0.15, 0.2) is 0 Å². The number of aliphatic hydroxyl groups excluding tert-OH is 1. The minimum absolute atomic E-state index is 0.188. The first-order valence-electron chi connectivity index (χ1n) is 4.56. The summed E-state index contributed by atoms with van der Waals surface area (Å²) in [6.45, 7) is 0. The van der Waals surface area contributed by atoms with Gasteiger partial charge in [0, 0.05) is 11.6 Å². The predicted molar refractivity (Wildman–Crippen MR) is 70.1 cm³/mol. The smallest absolute Gasteiger partial charge is 0.126 e. The van der Waals surface area contributed by atoms with Gasteiger partial charge in [-0.1, -0.05) is 0 Å². The van der Waals surface area contributed by atoms with Crippen molar-refractivity contribution in [3.05, 3.63) is 54.6 Å². The lowest BCUT2D eigenvalue weighted by Crippen LogP contribution is -2.00. The molecular formula is C11H6Br2F2OS. The zero-order valence-electron chi connectivity index (χ0n) is 8.25. The van der Waals surface area contributed by atoms with Crippen LogP contribution in [-0.2, 0) is 0 Å². The monoisotopic (exact) mass is 382 g/mol. The molecule has 0 fully saturated rings. The van der Waals surface area contributed by atoms with E-state index in [0.717, 1.165) is 25.8 Å². The van der Waals surface area contributed by atoms with Gasteiger partial charge in [0.2, 0.25) is 0 Å². The van der Waals surface area contributed by atoms with Crippen molar-refractivity contribution in [2.45, 2.75) is 6.10 Å². The van der Waals surface area contributed by atoms with E-state index < -0.39 is 17.7 Å². The van der Waals surface area contributed by atoms with Crippen molar-refractivity contribution in [3.63, 3.8) is 0 Å². The summed E-state index contributed by atoms with van der Waals surface area (Å²) in [6, 6.07) is 4.72. The average molecular weight is 384 g/mol. The molecule has 1 atom stereocenters. The van der Waals surface area contributed by atoms with Crippen molar-refractivity contribution in [2.24, 2.45) is 0 Å². The molecule has 1 aromatic carbocycles. The fraction of sp³-hybridized carbons (Fsp3) is 0.0909. The molecule has 1 nitrogen and oxygen atoms in total. The summed E-state index contributed by atoms with van der Waals surface area (Å²) in [4.78, 5) is 0. The van der Waals surface area contributed by atoms with Crippen molar-refractivity contribution in [3.8, 4) is 0 Å². The van der Waals surface area contributed by atoms with Crippen molar-refractivity contribution in [2.75, 3.05) is 0 Å². The topological polar surface area (TPSA) is 20.2 Å². The van der Waals surface area contributed by atoms with Crippen LogP contribution in [0, 0.1) is 11.6 Å². The van der Waals surface area contributed by atoms with Crippen LogP contribution in [0.5, 0.6) is 0 Å². The zero-order chi connectivity index (χ0) is 12.6. The quantitative estimate of drug-likeness (QED) is 0.801. The number of aliphatic hydroxyl groups is 1. The van der Waals surface area contributed by atoms with Crippen molar-refractivity contribution < 1.29 is 13.9 Å². The molecule has 0 saturated carbocycles. The van der Waals surface area contributed by atoms with E-state index in [-0.39, 0.29) is 5.56 Å². The van der Waals surface area contributed by atoms with Gasteiger partial charge in [-0.15, -0.1) is 11.3 Å². The highest BCUT2D eigenvalue weighted by molar-refractivity contribution is 9.12. The third-order valence-corrected chi connectivity index (χ3v) is 4.56. The highest BCUT2D eigenvalue weighted by Crippen LogP contribution is 2.37. The number of halogens is 4. The molecule has 0 aliphatic rings. The SMILES string of the molecule is OC(c1cc(F)cc(F)c1)c1cc(Br)sc1Br. The molecule has 2 rings (SSSR count). The van der Waals surface area contributed by atoms with Crippen LogP contribution in [0.3, 0.4) is 0 Å². The maximum Gasteiger partial charge on any atom is 0.126 e. The number of rotatable bonds is 2. The molecule has 0 bridgehead atoms. The second-order valence-corrected chi connectivity index (χ2v) is 7.13. The highest BCUT2D eigenvalue weighted by Gasteiger charge is 2.17. The Kier molecular flexibility index (Phi) is 3.97. The number of hydrogen-bond acceptors (Lipinski definition) is 2. The fourth-order valence-corrected chi connectivity index (χ4v) is 4.34. The van der Waals surface area contributed by atoms with Gasteiger partial charge in [-0.05, 0) is 55.6 Å². The second kappa shape index (κ2) is 5.14. The molecule has 0 amide bonds. The predicted octanol–water partition coefficient (Wildman–Crippen LogP) is 4.63. The summed E-state index contributed by atoms with van der Waals surface area (Å²) < 4.78 is 27.6. The molecule has 1 unspecified atom stereocenters. The van der Waals surface area contributed by atoms with Crippen molar-refractivity contribution >= 4 is 43.2 Å². The Morgan fingerprint density at radius 3 is 2.12 bits per heavy atom. The van der Waals surface area contributed by atoms with Gasteiger partial charge in [0.25, 0.3) is 0 Å². The van der Waals surface area contributed by atoms with E-state index in [2.05, 4.69) is 31.9 Å². The Hall–Kier alpha value is -0.300. The summed E-state index contributed by atoms with van der Waals surface area (Å²) in [7, 11) is 0. The first-order chi connectivity index (χ1) is 7.97. The Morgan fingerprint density at radius 2 is 1.65 bits per heavy atom. The van der Waals surface area contributed by atoms with Crippen LogP contribution in [0.25, 0.3) is 0 Å². The van der Waals surface area contributed by atoms with Crippen molar-refractivity contribution in [1.82, 2.24) is 0 Å². The Labute approximate surface area is 117 Å². The standard InChI is InChI=1S/C11H6Br2F2OS/c12-9-4-8(11(13)17-9)10(16)5-1-6(14)3-7(15)2-5/h1-4,10,16H. The minimum atomic E-state index is -1.06. The largest absolute Gasteiger partial charge is 0.384 e. The number of hydrogen-bond donors (Lipinski definition) is 1. The Morgan fingerprint density at radius 1 is 1.06 bits per heavy atom. The average Bonchev–Trinajstić information content (AvgIpc) is 2.55. The minimum Gasteiger partial charge on any atom is -0.384 e. The van der Waals surface area contributed by atoms with Gasteiger partial charge in [0.1, 0.15) is 17.7 Å². The van der Waals surface area contributed by atoms with Crippen LogP contribution in [0.4, 0.5) is 8.78 Å². The van der Waals surface area contributed by atoms with E-state index in [4.69, 9.17) is 0 Å². The summed E-state index contributed by atoms with van der Waals surface area (Å²) in [6.07, 6.45) is -1.06. The van der Waals surface area contributed by atoms with Gasteiger partial charge in [-0.3, -0.25) is 0 Å². The lowest BCUT2D eigenvalue weighted by Gasteiger charge is -2.10. The Balaban J connectivity index is 2.43. The molecule has 0 spiro atoms. The summed E-state index contributed by atoms with van der Waals surface area (Å²) in [5, 5.41) is 10.1. The molecule has 0 aliphatic carbocycles. The molecule has 0 aliphatic heterocycles. The summed E-state index contributed by atoms with van der Waals surface area (Å²) in [5.41, 5.74) is 0.764. The van der Waals surface area contributed by atoms with E-state index in [9.17, 15) is 13.9 Å². The third-order valence-electron chi connectivity index (χ3n) is 2.18. The number of thiophene rings is 1. The van der Waals surface area contributed by atoms with E-state index in [0.29, 0.717) is 5.56 Å². The normalized spacial score (nSPS) is 12.8. The maximum atomic E-state index is 13.0. The lowest BCUT2D eigenvalue weighted by atomic mass is 10.0. The fourth-order valence-electron chi connectivity index (χ4n) is 1.45. The third kappa shape index (κ3) is 2.93. The van der Waals surface area contributed by atoms with Crippen LogP contribution < -0.4 is 0 Å². The van der Waals surface area contributed by atoms with E-state index in [1.807, 2.05) is 0 Å². The van der Waals surface area contributed by atoms with Gasteiger partial charge in [0.05, 0.1) is 7.57 Å².